The molecule has 0 amide bonds. The van der Waals surface area contributed by atoms with E-state index in [2.05, 4.69) is 10.2 Å². The number of hydrogen-bond donors (Lipinski definition) is 1. The Hall–Kier alpha value is -0.620. The molecule has 3 nitrogen and oxygen atoms in total. The van der Waals surface area contributed by atoms with Crippen molar-refractivity contribution in [3.8, 4) is 0 Å². The van der Waals surface area contributed by atoms with Crippen LogP contribution in [0.25, 0.3) is 0 Å². The van der Waals surface area contributed by atoms with E-state index in [9.17, 15) is 5.11 Å². The van der Waals surface area contributed by atoms with Gasteiger partial charge >= 0.3 is 0 Å². The molecule has 0 bridgehead atoms. The van der Waals surface area contributed by atoms with Crippen LogP contribution in [0.1, 0.15) is 18.6 Å². The molecule has 0 saturated heterocycles. The maximum Gasteiger partial charge on any atom is 0.178 e. The Morgan fingerprint density at radius 1 is 1.50 bits per heavy atom. The first-order valence-electron chi connectivity index (χ1n) is 4.58. The van der Waals surface area contributed by atoms with Crippen molar-refractivity contribution in [1.29, 1.82) is 0 Å². The molecule has 0 aliphatic heterocycles. The van der Waals surface area contributed by atoms with E-state index in [1.165, 1.54) is 23.1 Å². The van der Waals surface area contributed by atoms with Crippen molar-refractivity contribution in [3.05, 3.63) is 34.3 Å². The molecule has 6 heteroatoms. The van der Waals surface area contributed by atoms with Crippen LogP contribution in [0, 0.1) is 0 Å². The molecule has 0 saturated carbocycles. The summed E-state index contributed by atoms with van der Waals surface area (Å²) in [7, 11) is 0. The molecule has 84 valence electrons. The molecule has 16 heavy (non-hydrogen) atoms. The zero-order valence-electron chi connectivity index (χ0n) is 8.42. The number of rotatable bonds is 3. The minimum atomic E-state index is -0.502. The highest BCUT2D eigenvalue weighted by Gasteiger charge is 2.08. The van der Waals surface area contributed by atoms with Crippen LogP contribution in [-0.2, 0) is 0 Å². The summed E-state index contributed by atoms with van der Waals surface area (Å²) in [5.74, 6) is 0. The molecule has 2 rings (SSSR count). The van der Waals surface area contributed by atoms with Crippen LogP contribution >= 0.6 is 34.7 Å². The Morgan fingerprint density at radius 3 is 2.88 bits per heavy atom. The fourth-order valence-corrected chi connectivity index (χ4v) is 2.90. The van der Waals surface area contributed by atoms with Gasteiger partial charge in [0.15, 0.2) is 4.34 Å². The number of aliphatic hydroxyl groups excluding tert-OH is 1. The van der Waals surface area contributed by atoms with E-state index in [1.807, 2.05) is 12.1 Å². The number of aromatic nitrogens is 2. The first-order valence-corrected chi connectivity index (χ1v) is 6.66. The van der Waals surface area contributed by atoms with E-state index in [0.29, 0.717) is 5.02 Å². The second-order valence-corrected chi connectivity index (χ2v) is 5.70. The van der Waals surface area contributed by atoms with E-state index in [4.69, 9.17) is 11.6 Å². The van der Waals surface area contributed by atoms with Gasteiger partial charge in [0.05, 0.1) is 11.1 Å². The number of benzene rings is 1. The van der Waals surface area contributed by atoms with Gasteiger partial charge in [0.1, 0.15) is 5.51 Å². The van der Waals surface area contributed by atoms with Crippen molar-refractivity contribution in [1.82, 2.24) is 10.2 Å². The molecule has 1 heterocycles. The molecular weight excluding hydrogens is 264 g/mol. The summed E-state index contributed by atoms with van der Waals surface area (Å²) in [6, 6.07) is 5.52. The van der Waals surface area contributed by atoms with Gasteiger partial charge in [-0.05, 0) is 24.6 Å². The van der Waals surface area contributed by atoms with Crippen molar-refractivity contribution < 1.29 is 5.11 Å². The van der Waals surface area contributed by atoms with Gasteiger partial charge in [-0.3, -0.25) is 0 Å². The minimum absolute atomic E-state index is 0.502. The Kier molecular flexibility index (Phi) is 3.81. The third-order valence-electron chi connectivity index (χ3n) is 1.98. The SMILES string of the molecule is C[C@@H](O)c1ccc(Sc2nncs2)c(Cl)c1. The lowest BCUT2D eigenvalue weighted by molar-refractivity contribution is 0.199. The normalized spacial score (nSPS) is 12.7. The molecule has 1 N–H and O–H groups in total. The van der Waals surface area contributed by atoms with Crippen LogP contribution in [0.4, 0.5) is 0 Å². The number of aliphatic hydroxyl groups is 1. The van der Waals surface area contributed by atoms with E-state index < -0.39 is 6.10 Å². The Balaban J connectivity index is 2.23. The van der Waals surface area contributed by atoms with Gasteiger partial charge < -0.3 is 5.11 Å². The second-order valence-electron chi connectivity index (χ2n) is 3.17. The lowest BCUT2D eigenvalue weighted by atomic mass is 10.1. The largest absolute Gasteiger partial charge is 0.389 e. The smallest absolute Gasteiger partial charge is 0.178 e. The topological polar surface area (TPSA) is 46.0 Å². The monoisotopic (exact) mass is 272 g/mol. The minimum Gasteiger partial charge on any atom is -0.389 e. The third-order valence-corrected chi connectivity index (χ3v) is 4.25. The molecule has 1 atom stereocenters. The summed E-state index contributed by atoms with van der Waals surface area (Å²) in [5.41, 5.74) is 2.49. The average Bonchev–Trinajstić information content (AvgIpc) is 2.73. The lowest BCUT2D eigenvalue weighted by Crippen LogP contribution is -1.90. The molecular formula is C10H9ClN2OS2. The van der Waals surface area contributed by atoms with Crippen molar-refractivity contribution in [2.45, 2.75) is 22.3 Å². The van der Waals surface area contributed by atoms with Crippen molar-refractivity contribution >= 4 is 34.7 Å². The summed E-state index contributed by atoms with van der Waals surface area (Å²) in [5, 5.41) is 17.7. The first-order chi connectivity index (χ1) is 7.66. The lowest BCUT2D eigenvalue weighted by Gasteiger charge is -2.07. The number of nitrogens with zero attached hydrogens (tertiary/aromatic N) is 2. The molecule has 2 aromatic rings. The zero-order chi connectivity index (χ0) is 11.5. The van der Waals surface area contributed by atoms with Crippen LogP contribution in [0.15, 0.2) is 32.9 Å². The van der Waals surface area contributed by atoms with E-state index in [0.717, 1.165) is 14.8 Å². The molecule has 0 fully saturated rings. The van der Waals surface area contributed by atoms with Crippen molar-refractivity contribution in [2.24, 2.45) is 0 Å². The first kappa shape index (κ1) is 11.9. The Labute approximate surface area is 106 Å². The summed E-state index contributed by atoms with van der Waals surface area (Å²) >= 11 is 9.06. The van der Waals surface area contributed by atoms with Gasteiger partial charge in [-0.25, -0.2) is 0 Å². The molecule has 0 aliphatic rings. The highest BCUT2D eigenvalue weighted by Crippen LogP contribution is 2.35. The van der Waals surface area contributed by atoms with Crippen LogP contribution in [-0.4, -0.2) is 15.3 Å². The highest BCUT2D eigenvalue weighted by molar-refractivity contribution is 8.01. The highest BCUT2D eigenvalue weighted by atomic mass is 35.5. The number of halogens is 1. The zero-order valence-corrected chi connectivity index (χ0v) is 10.8. The van der Waals surface area contributed by atoms with Crippen LogP contribution in [0.2, 0.25) is 5.02 Å². The Bertz CT molecular complexity index is 474. The van der Waals surface area contributed by atoms with Crippen LogP contribution in [0.3, 0.4) is 0 Å². The molecule has 1 aromatic heterocycles. The summed E-state index contributed by atoms with van der Waals surface area (Å²) in [6.07, 6.45) is -0.502. The van der Waals surface area contributed by atoms with E-state index in [-0.39, 0.29) is 0 Å². The van der Waals surface area contributed by atoms with E-state index in [1.54, 1.807) is 18.5 Å². The third kappa shape index (κ3) is 2.74. The molecule has 0 aliphatic carbocycles. The van der Waals surface area contributed by atoms with Crippen LogP contribution in [0.5, 0.6) is 0 Å². The maximum atomic E-state index is 9.41. The quantitative estimate of drug-likeness (QED) is 0.930. The maximum absolute atomic E-state index is 9.41. The summed E-state index contributed by atoms with van der Waals surface area (Å²) in [6.45, 7) is 1.71. The van der Waals surface area contributed by atoms with Gasteiger partial charge in [-0.15, -0.1) is 10.2 Å². The molecule has 0 spiro atoms. The van der Waals surface area contributed by atoms with Gasteiger partial charge in [0.25, 0.3) is 0 Å². The van der Waals surface area contributed by atoms with Gasteiger partial charge in [0.2, 0.25) is 0 Å². The Morgan fingerprint density at radius 2 is 2.31 bits per heavy atom. The average molecular weight is 273 g/mol. The molecule has 0 unspecified atom stereocenters. The van der Waals surface area contributed by atoms with Crippen molar-refractivity contribution in [3.63, 3.8) is 0 Å². The van der Waals surface area contributed by atoms with Gasteiger partial charge in [-0.2, -0.15) is 0 Å². The summed E-state index contributed by atoms with van der Waals surface area (Å²) < 4.78 is 0.853. The standard InChI is InChI=1S/C10H9ClN2OS2/c1-6(14)7-2-3-9(8(11)4-7)16-10-13-12-5-15-10/h2-6,14H,1H3/t6-/m1/s1. The van der Waals surface area contributed by atoms with E-state index >= 15 is 0 Å². The summed E-state index contributed by atoms with van der Waals surface area (Å²) in [4.78, 5) is 0.919. The second kappa shape index (κ2) is 5.14. The molecule has 1 aromatic carbocycles. The molecule has 0 radical (unpaired) electrons. The van der Waals surface area contributed by atoms with Crippen LogP contribution < -0.4 is 0 Å². The number of hydrogen-bond acceptors (Lipinski definition) is 5. The van der Waals surface area contributed by atoms with Gasteiger partial charge in [-0.1, -0.05) is 40.8 Å². The fourth-order valence-electron chi connectivity index (χ4n) is 1.16. The fraction of sp³-hybridized carbons (Fsp3) is 0.200. The van der Waals surface area contributed by atoms with Crippen molar-refractivity contribution in [2.75, 3.05) is 0 Å². The van der Waals surface area contributed by atoms with Gasteiger partial charge in [0, 0.05) is 4.90 Å². The predicted octanol–water partition coefficient (Wildman–Crippen LogP) is 3.40. The predicted molar refractivity (Wildman–Crippen MR) is 66.1 cm³/mol.